The van der Waals surface area contributed by atoms with Crippen LogP contribution in [0.4, 0.5) is 11.4 Å². The molecule has 2 heterocycles. The molecule has 1 N–H and O–H groups in total. The number of hydrogen-bond acceptors (Lipinski definition) is 5. The molecule has 2 aliphatic heterocycles. The number of piperazine rings is 1. The zero-order chi connectivity index (χ0) is 16.4. The van der Waals surface area contributed by atoms with Gasteiger partial charge in [0.05, 0.1) is 11.4 Å². The Kier molecular flexibility index (Phi) is 4.09. The maximum absolute atomic E-state index is 11.0. The molecule has 0 spiro atoms. The number of anilines is 2. The Morgan fingerprint density at radius 3 is 2.58 bits per heavy atom. The maximum atomic E-state index is 11.0. The first-order valence-corrected chi connectivity index (χ1v) is 8.36. The van der Waals surface area contributed by atoms with Crippen molar-refractivity contribution < 1.29 is 9.53 Å². The van der Waals surface area contributed by atoms with E-state index in [1.165, 1.54) is 5.56 Å². The molecular formula is C19H21N3O2. The van der Waals surface area contributed by atoms with Gasteiger partial charge in [-0.1, -0.05) is 36.4 Å². The Morgan fingerprint density at radius 1 is 1.04 bits per heavy atom. The zero-order valence-corrected chi connectivity index (χ0v) is 13.5. The van der Waals surface area contributed by atoms with E-state index in [2.05, 4.69) is 51.5 Å². The lowest BCUT2D eigenvalue weighted by Crippen LogP contribution is -2.46. The molecule has 1 saturated heterocycles. The second-order valence-corrected chi connectivity index (χ2v) is 6.22. The van der Waals surface area contributed by atoms with Gasteiger partial charge in [0.15, 0.2) is 12.0 Å². The Balaban J connectivity index is 1.42. The summed E-state index contributed by atoms with van der Waals surface area (Å²) in [5.74, 6) is 0.797. The SMILES string of the molecule is O=CC1Nc2cccc(N3CCN(Cc4ccccc4)CC3)c2O1. The lowest BCUT2D eigenvalue weighted by atomic mass is 10.1. The first-order chi connectivity index (χ1) is 11.8. The van der Waals surface area contributed by atoms with Crippen LogP contribution in [-0.4, -0.2) is 43.6 Å². The molecule has 0 radical (unpaired) electrons. The third-order valence-corrected chi connectivity index (χ3v) is 4.62. The van der Waals surface area contributed by atoms with Gasteiger partial charge in [-0.05, 0) is 17.7 Å². The Hall–Kier alpha value is -2.53. The predicted molar refractivity (Wildman–Crippen MR) is 94.5 cm³/mol. The van der Waals surface area contributed by atoms with E-state index in [1.807, 2.05) is 12.1 Å². The van der Waals surface area contributed by atoms with Crippen molar-refractivity contribution in [2.24, 2.45) is 0 Å². The third-order valence-electron chi connectivity index (χ3n) is 4.62. The van der Waals surface area contributed by atoms with E-state index in [4.69, 9.17) is 4.74 Å². The molecule has 0 aromatic heterocycles. The van der Waals surface area contributed by atoms with Crippen LogP contribution in [0.25, 0.3) is 0 Å². The Labute approximate surface area is 141 Å². The van der Waals surface area contributed by atoms with E-state index >= 15 is 0 Å². The highest BCUT2D eigenvalue weighted by molar-refractivity contribution is 5.79. The van der Waals surface area contributed by atoms with Crippen molar-refractivity contribution in [3.05, 3.63) is 54.1 Å². The van der Waals surface area contributed by atoms with Crippen LogP contribution >= 0.6 is 0 Å². The van der Waals surface area contributed by atoms with Crippen molar-refractivity contribution in [3.63, 3.8) is 0 Å². The van der Waals surface area contributed by atoms with E-state index in [0.717, 1.165) is 56.1 Å². The van der Waals surface area contributed by atoms with Crippen LogP contribution in [0.5, 0.6) is 5.75 Å². The van der Waals surface area contributed by atoms with Gasteiger partial charge in [0.2, 0.25) is 6.23 Å². The van der Waals surface area contributed by atoms with Gasteiger partial charge < -0.3 is 15.0 Å². The van der Waals surface area contributed by atoms with Gasteiger partial charge in [-0.3, -0.25) is 9.69 Å². The van der Waals surface area contributed by atoms with Crippen molar-refractivity contribution in [2.75, 3.05) is 36.4 Å². The van der Waals surface area contributed by atoms with Gasteiger partial charge in [-0.2, -0.15) is 0 Å². The second-order valence-electron chi connectivity index (χ2n) is 6.22. The number of fused-ring (bicyclic) bond motifs is 1. The molecule has 1 fully saturated rings. The smallest absolute Gasteiger partial charge is 0.226 e. The summed E-state index contributed by atoms with van der Waals surface area (Å²) in [6.45, 7) is 4.94. The molecule has 4 rings (SSSR count). The zero-order valence-electron chi connectivity index (χ0n) is 13.5. The molecule has 1 unspecified atom stereocenters. The molecule has 2 aromatic rings. The number of ether oxygens (including phenoxy) is 1. The number of benzene rings is 2. The molecule has 0 bridgehead atoms. The fourth-order valence-corrected chi connectivity index (χ4v) is 3.37. The number of aldehydes is 1. The van der Waals surface area contributed by atoms with Crippen LogP contribution in [0.3, 0.4) is 0 Å². The lowest BCUT2D eigenvalue weighted by Gasteiger charge is -2.36. The first kappa shape index (κ1) is 15.0. The van der Waals surface area contributed by atoms with Crippen LogP contribution in [0.1, 0.15) is 5.56 Å². The van der Waals surface area contributed by atoms with Crippen LogP contribution in [0.15, 0.2) is 48.5 Å². The quantitative estimate of drug-likeness (QED) is 0.875. The number of nitrogens with one attached hydrogen (secondary N) is 1. The topological polar surface area (TPSA) is 44.8 Å². The van der Waals surface area contributed by atoms with Gasteiger partial charge in [0, 0.05) is 32.7 Å². The minimum atomic E-state index is -0.569. The average molecular weight is 323 g/mol. The van der Waals surface area contributed by atoms with E-state index < -0.39 is 6.23 Å². The number of rotatable bonds is 4. The van der Waals surface area contributed by atoms with Crippen molar-refractivity contribution in [3.8, 4) is 5.75 Å². The molecule has 0 aliphatic carbocycles. The minimum Gasteiger partial charge on any atom is -0.459 e. The molecule has 5 nitrogen and oxygen atoms in total. The summed E-state index contributed by atoms with van der Waals surface area (Å²) < 4.78 is 5.73. The summed E-state index contributed by atoms with van der Waals surface area (Å²) in [7, 11) is 0. The average Bonchev–Trinajstić information content (AvgIpc) is 3.07. The molecular weight excluding hydrogens is 302 g/mol. The molecule has 1 atom stereocenters. The molecule has 2 aromatic carbocycles. The molecule has 2 aliphatic rings. The second kappa shape index (κ2) is 6.53. The number of para-hydroxylation sites is 1. The molecule has 0 amide bonds. The van der Waals surface area contributed by atoms with Crippen LogP contribution < -0.4 is 15.0 Å². The van der Waals surface area contributed by atoms with E-state index in [-0.39, 0.29) is 0 Å². The van der Waals surface area contributed by atoms with Crippen molar-refractivity contribution >= 4 is 17.7 Å². The van der Waals surface area contributed by atoms with Crippen LogP contribution in [0.2, 0.25) is 0 Å². The van der Waals surface area contributed by atoms with Gasteiger partial charge in [-0.25, -0.2) is 0 Å². The van der Waals surface area contributed by atoms with Crippen molar-refractivity contribution in [1.82, 2.24) is 4.90 Å². The molecule has 24 heavy (non-hydrogen) atoms. The largest absolute Gasteiger partial charge is 0.459 e. The summed E-state index contributed by atoms with van der Waals surface area (Å²) in [5.41, 5.74) is 3.33. The van der Waals surface area contributed by atoms with Gasteiger partial charge >= 0.3 is 0 Å². The highest BCUT2D eigenvalue weighted by Gasteiger charge is 2.27. The van der Waals surface area contributed by atoms with Crippen molar-refractivity contribution in [1.29, 1.82) is 0 Å². The fourth-order valence-electron chi connectivity index (χ4n) is 3.37. The summed E-state index contributed by atoms with van der Waals surface area (Å²) in [4.78, 5) is 15.8. The van der Waals surface area contributed by atoms with E-state index in [0.29, 0.717) is 0 Å². The standard InChI is InChI=1S/C19H21N3O2/c23-14-18-20-16-7-4-8-17(19(16)24-18)22-11-9-21(10-12-22)13-15-5-2-1-3-6-15/h1-8,14,18,20H,9-13H2. The Morgan fingerprint density at radius 2 is 1.83 bits per heavy atom. The highest BCUT2D eigenvalue weighted by atomic mass is 16.5. The lowest BCUT2D eigenvalue weighted by molar-refractivity contribution is -0.112. The highest BCUT2D eigenvalue weighted by Crippen LogP contribution is 2.40. The molecule has 124 valence electrons. The number of carbonyl (C=O) groups is 1. The van der Waals surface area contributed by atoms with Crippen molar-refractivity contribution in [2.45, 2.75) is 12.8 Å². The summed E-state index contributed by atoms with van der Waals surface area (Å²) in [5, 5.41) is 3.08. The monoisotopic (exact) mass is 323 g/mol. The van der Waals surface area contributed by atoms with E-state index in [1.54, 1.807) is 0 Å². The summed E-state index contributed by atoms with van der Waals surface area (Å²) >= 11 is 0. The van der Waals surface area contributed by atoms with Crippen LogP contribution in [0, 0.1) is 0 Å². The predicted octanol–water partition coefficient (Wildman–Crippen LogP) is 2.34. The van der Waals surface area contributed by atoms with Crippen LogP contribution in [-0.2, 0) is 11.3 Å². The van der Waals surface area contributed by atoms with E-state index in [9.17, 15) is 4.79 Å². The summed E-state index contributed by atoms with van der Waals surface area (Å²) in [6.07, 6.45) is 0.224. The third kappa shape index (κ3) is 2.95. The van der Waals surface area contributed by atoms with Gasteiger partial charge in [0.1, 0.15) is 0 Å². The normalized spacial score (nSPS) is 20.2. The molecule has 5 heteroatoms. The Bertz CT molecular complexity index is 712. The number of hydrogen-bond donors (Lipinski definition) is 1. The summed E-state index contributed by atoms with van der Waals surface area (Å²) in [6, 6.07) is 16.6. The maximum Gasteiger partial charge on any atom is 0.226 e. The van der Waals surface area contributed by atoms with Gasteiger partial charge in [-0.15, -0.1) is 0 Å². The fraction of sp³-hybridized carbons (Fsp3) is 0.316. The number of nitrogens with zero attached hydrogens (tertiary/aromatic N) is 2. The minimum absolute atomic E-state index is 0.569. The first-order valence-electron chi connectivity index (χ1n) is 8.36. The molecule has 0 saturated carbocycles. The van der Waals surface area contributed by atoms with Gasteiger partial charge in [0.25, 0.3) is 0 Å². The number of carbonyl (C=O) groups excluding carboxylic acids is 1.